The molecule has 0 atom stereocenters. The number of piperazine rings is 1. The summed E-state index contributed by atoms with van der Waals surface area (Å²) in [5.41, 5.74) is 2.93. The minimum absolute atomic E-state index is 0.146. The van der Waals surface area contributed by atoms with E-state index < -0.39 is 5.54 Å². The Morgan fingerprint density at radius 1 is 1.16 bits per heavy atom. The van der Waals surface area contributed by atoms with Gasteiger partial charge >= 0.3 is 0 Å². The molecule has 1 N–H and O–H groups in total. The Morgan fingerprint density at radius 3 is 2.44 bits per heavy atom. The Balaban J connectivity index is 1.74. The van der Waals surface area contributed by atoms with Crippen LogP contribution in [0.1, 0.15) is 102 Å². The lowest BCUT2D eigenvalue weighted by Gasteiger charge is -2.40. The van der Waals surface area contributed by atoms with Gasteiger partial charge in [-0.2, -0.15) is 0 Å². The van der Waals surface area contributed by atoms with E-state index in [2.05, 4.69) is 46.0 Å². The average Bonchev–Trinajstić information content (AvgIpc) is 3.12. The minimum atomic E-state index is -0.922. The van der Waals surface area contributed by atoms with Gasteiger partial charge in [0.05, 0.1) is 0 Å². The van der Waals surface area contributed by atoms with E-state index in [1.165, 1.54) is 12.8 Å². The Morgan fingerprint density at radius 2 is 1.81 bits per heavy atom. The van der Waals surface area contributed by atoms with Gasteiger partial charge in [0.15, 0.2) is 11.3 Å². The van der Waals surface area contributed by atoms with Crippen LogP contribution in [0.25, 0.3) is 11.1 Å². The summed E-state index contributed by atoms with van der Waals surface area (Å²) >= 11 is 0. The fourth-order valence-corrected chi connectivity index (χ4v) is 5.00. The second kappa shape index (κ2) is 7.60. The highest BCUT2D eigenvalue weighted by Gasteiger charge is 2.42. The van der Waals surface area contributed by atoms with Gasteiger partial charge < -0.3 is 14.6 Å². The summed E-state index contributed by atoms with van der Waals surface area (Å²) in [5, 5.41) is 2.84. The highest BCUT2D eigenvalue weighted by Crippen LogP contribution is 2.43. The molecule has 0 radical (unpaired) electrons. The number of hydrogen-bond donors (Lipinski definition) is 1. The van der Waals surface area contributed by atoms with Gasteiger partial charge in [0, 0.05) is 36.3 Å². The van der Waals surface area contributed by atoms with Gasteiger partial charge in [0.25, 0.3) is 5.91 Å². The van der Waals surface area contributed by atoms with E-state index in [4.69, 9.17) is 9.40 Å². The van der Waals surface area contributed by atoms with Crippen molar-refractivity contribution >= 4 is 22.9 Å². The van der Waals surface area contributed by atoms with Gasteiger partial charge in [-0.25, -0.2) is 4.98 Å². The molecule has 32 heavy (non-hydrogen) atoms. The second-order valence-corrected chi connectivity index (χ2v) is 11.9. The molecular weight excluding hydrogens is 402 g/mol. The van der Waals surface area contributed by atoms with Crippen molar-refractivity contribution in [3.8, 4) is 0 Å². The summed E-state index contributed by atoms with van der Waals surface area (Å²) in [6, 6.07) is 3.97. The SMILES string of the molecule is CC1(C)CCC(c2cc(C(C)(C)C)c3oc(C(=O)N4CCNC(=O)C4(C)C)cc3n2)CC1. The molecule has 0 aromatic carbocycles. The van der Waals surface area contributed by atoms with Crippen LogP contribution in [0.3, 0.4) is 0 Å². The van der Waals surface area contributed by atoms with Crippen LogP contribution >= 0.6 is 0 Å². The molecule has 2 amide bonds. The first-order valence-corrected chi connectivity index (χ1v) is 11.8. The van der Waals surface area contributed by atoms with Crippen LogP contribution in [0, 0.1) is 5.41 Å². The third-order valence-corrected chi connectivity index (χ3v) is 7.37. The van der Waals surface area contributed by atoms with Crippen LogP contribution in [-0.2, 0) is 10.2 Å². The van der Waals surface area contributed by atoms with Crippen molar-refractivity contribution in [3.63, 3.8) is 0 Å². The third kappa shape index (κ3) is 4.04. The fraction of sp³-hybridized carbons (Fsp3) is 0.654. The molecule has 1 aliphatic heterocycles. The third-order valence-electron chi connectivity index (χ3n) is 7.37. The number of pyridine rings is 1. The van der Waals surface area contributed by atoms with Gasteiger partial charge in [-0.15, -0.1) is 0 Å². The van der Waals surface area contributed by atoms with Crippen LogP contribution in [0.4, 0.5) is 0 Å². The number of nitrogens with one attached hydrogen (secondary N) is 1. The number of amides is 2. The molecule has 174 valence electrons. The van der Waals surface area contributed by atoms with Crippen LogP contribution < -0.4 is 5.32 Å². The summed E-state index contributed by atoms with van der Waals surface area (Å²) in [5.74, 6) is 0.280. The number of carbonyl (C=O) groups excluding carboxylic acids is 2. The predicted molar refractivity (Wildman–Crippen MR) is 126 cm³/mol. The van der Waals surface area contributed by atoms with Gasteiger partial charge in [0.1, 0.15) is 11.1 Å². The molecule has 2 aliphatic rings. The molecule has 1 aliphatic carbocycles. The largest absolute Gasteiger partial charge is 0.449 e. The Bertz CT molecular complexity index is 1050. The van der Waals surface area contributed by atoms with Crippen molar-refractivity contribution in [2.45, 2.75) is 91.0 Å². The van der Waals surface area contributed by atoms with E-state index in [0.29, 0.717) is 30.0 Å². The normalized spacial score (nSPS) is 21.6. The Hall–Kier alpha value is -2.37. The van der Waals surface area contributed by atoms with E-state index in [1.54, 1.807) is 24.8 Å². The van der Waals surface area contributed by atoms with Crippen molar-refractivity contribution in [3.05, 3.63) is 29.2 Å². The first kappa shape index (κ1) is 22.8. The molecule has 0 bridgehead atoms. The molecule has 3 heterocycles. The molecule has 4 rings (SSSR count). The molecule has 1 saturated heterocycles. The lowest BCUT2D eigenvalue weighted by molar-refractivity contribution is -0.133. The maximum Gasteiger partial charge on any atom is 0.290 e. The summed E-state index contributed by atoms with van der Waals surface area (Å²) < 4.78 is 6.16. The zero-order valence-electron chi connectivity index (χ0n) is 20.6. The molecule has 1 saturated carbocycles. The van der Waals surface area contributed by atoms with Crippen LogP contribution in [0.5, 0.6) is 0 Å². The Labute approximate surface area is 191 Å². The highest BCUT2D eigenvalue weighted by molar-refractivity contribution is 6.00. The summed E-state index contributed by atoms with van der Waals surface area (Å²) in [7, 11) is 0. The van der Waals surface area contributed by atoms with Crippen LogP contribution in [0.2, 0.25) is 0 Å². The average molecular weight is 440 g/mol. The van der Waals surface area contributed by atoms with E-state index >= 15 is 0 Å². The topological polar surface area (TPSA) is 75.4 Å². The van der Waals surface area contributed by atoms with Crippen LogP contribution in [0.15, 0.2) is 16.5 Å². The smallest absolute Gasteiger partial charge is 0.290 e. The lowest BCUT2D eigenvalue weighted by atomic mass is 9.72. The standard InChI is InChI=1S/C26H37N3O3/c1-24(2,3)17-14-18(16-8-10-25(4,5)11-9-16)28-19-15-20(32-21(17)19)22(30)29-13-12-27-23(31)26(29,6)7/h14-16H,8-13H2,1-7H3,(H,27,31). The fourth-order valence-electron chi connectivity index (χ4n) is 5.00. The molecule has 6 nitrogen and oxygen atoms in total. The molecule has 6 heteroatoms. The number of carbonyl (C=O) groups is 2. The first-order valence-electron chi connectivity index (χ1n) is 11.8. The van der Waals surface area contributed by atoms with E-state index in [-0.39, 0.29) is 23.0 Å². The van der Waals surface area contributed by atoms with E-state index in [1.807, 2.05) is 0 Å². The molecular formula is C26H37N3O3. The quantitative estimate of drug-likeness (QED) is 0.701. The summed E-state index contributed by atoms with van der Waals surface area (Å²) in [4.78, 5) is 32.3. The van der Waals surface area contributed by atoms with E-state index in [0.717, 1.165) is 29.6 Å². The maximum absolute atomic E-state index is 13.4. The van der Waals surface area contributed by atoms with E-state index in [9.17, 15) is 9.59 Å². The summed E-state index contributed by atoms with van der Waals surface area (Å²) in [6.45, 7) is 15.6. The van der Waals surface area contributed by atoms with Crippen LogP contribution in [-0.4, -0.2) is 40.3 Å². The summed E-state index contributed by atoms with van der Waals surface area (Å²) in [6.07, 6.45) is 4.67. The van der Waals surface area contributed by atoms with Gasteiger partial charge in [-0.3, -0.25) is 9.59 Å². The minimum Gasteiger partial charge on any atom is -0.449 e. The molecule has 2 aromatic rings. The van der Waals surface area contributed by atoms with Crippen molar-refractivity contribution in [2.24, 2.45) is 5.41 Å². The number of aromatic nitrogens is 1. The van der Waals surface area contributed by atoms with Crippen molar-refractivity contribution in [1.82, 2.24) is 15.2 Å². The molecule has 2 fully saturated rings. The number of fused-ring (bicyclic) bond motifs is 1. The monoisotopic (exact) mass is 439 g/mol. The van der Waals surface area contributed by atoms with Crippen molar-refractivity contribution < 1.29 is 14.0 Å². The van der Waals surface area contributed by atoms with Gasteiger partial charge in [0.2, 0.25) is 5.91 Å². The molecule has 0 unspecified atom stereocenters. The number of rotatable bonds is 2. The number of hydrogen-bond acceptors (Lipinski definition) is 4. The predicted octanol–water partition coefficient (Wildman–Crippen LogP) is 5.16. The first-order chi connectivity index (χ1) is 14.8. The zero-order chi connectivity index (χ0) is 23.5. The lowest BCUT2D eigenvalue weighted by Crippen LogP contribution is -2.63. The molecule has 0 spiro atoms. The van der Waals surface area contributed by atoms with Crippen molar-refractivity contribution in [1.29, 1.82) is 0 Å². The molecule has 2 aromatic heterocycles. The zero-order valence-corrected chi connectivity index (χ0v) is 20.6. The number of furan rings is 1. The number of nitrogens with zero attached hydrogens (tertiary/aromatic N) is 2. The highest BCUT2D eigenvalue weighted by atomic mass is 16.3. The van der Waals surface area contributed by atoms with Gasteiger partial charge in [-0.05, 0) is 56.4 Å². The van der Waals surface area contributed by atoms with Gasteiger partial charge in [-0.1, -0.05) is 34.6 Å². The van der Waals surface area contributed by atoms with Crippen molar-refractivity contribution in [2.75, 3.05) is 13.1 Å². The second-order valence-electron chi connectivity index (χ2n) is 11.9. The maximum atomic E-state index is 13.4. The Kier molecular flexibility index (Phi) is 5.42.